The third-order valence-electron chi connectivity index (χ3n) is 16.7. The highest BCUT2D eigenvalue weighted by atomic mass is 16.4. The maximum absolute atomic E-state index is 14.8. The van der Waals surface area contributed by atoms with E-state index >= 15 is 0 Å². The molecule has 0 saturated carbocycles. The second kappa shape index (κ2) is 36.9. The van der Waals surface area contributed by atoms with E-state index in [9.17, 15) is 77.3 Å². The number of aromatic amines is 2. The molecule has 0 aliphatic carbocycles. The molecule has 528 valence electrons. The maximum atomic E-state index is 14.8. The molecule has 1 aliphatic rings. The fraction of sp³-hybridized carbons (Fsp3) is 0.455. The van der Waals surface area contributed by atoms with Crippen molar-refractivity contribution in [2.24, 2.45) is 23.1 Å². The Labute approximate surface area is 564 Å². The number of para-hydroxylation sites is 2. The molecule has 6 rings (SSSR count). The van der Waals surface area contributed by atoms with E-state index < -0.39 is 175 Å². The molecule has 2 aromatic heterocycles. The summed E-state index contributed by atoms with van der Waals surface area (Å²) in [6.07, 6.45) is 2.63. The predicted octanol–water partition coefficient (Wildman–Crippen LogP) is -2.81. The normalized spacial score (nSPS) is 15.8. The molecular formula is C66H88N16O16. The molecule has 32 nitrogen and oxygen atoms in total. The van der Waals surface area contributed by atoms with Gasteiger partial charge in [-0.1, -0.05) is 87.0 Å². The summed E-state index contributed by atoms with van der Waals surface area (Å²) in [6.45, 7) is 4.61. The minimum absolute atomic E-state index is 0.0472. The predicted molar refractivity (Wildman–Crippen MR) is 355 cm³/mol. The van der Waals surface area contributed by atoms with Gasteiger partial charge in [-0.2, -0.15) is 0 Å². The standard InChI is InChI=1S/C66H88N16O16/c1-5-35(2)56(65(97)80-47(26-38-16-7-6-8-17-38)60(92)76-46(57(69)89)30-55(87)88)81-54(86)33-72-64(96)52-23-15-25-82(52)66(98)36(3)73-59(91)48(27-39-31-70-43-20-11-9-18-41(39)43)77-58(90)45(22-13-14-24-67)75-61(93)49(28-40-32-71-44-21-12-10-19-42(40)44)78-62(94)50(29-53(68)85)79-63(95)51(34-83)74-37(4)84/h6-12,16-21,31-32,35-36,45-52,56,70-71,83H,5,13-15,22-30,33-34,67H2,1-4H3,(H2,68,85)(H2,69,89)(H,72,96)(H,73,91)(H,74,84)(H,75,93)(H,76,92)(H,77,90)(H,78,94)(H,79,95)(H,80,97)(H,81,86)(H,87,88)/t35-,36-,45-,46-,47-,48-,49-,50-,51-,52-,56-/m0/s1. The van der Waals surface area contributed by atoms with Gasteiger partial charge >= 0.3 is 5.97 Å². The number of carbonyl (C=O) groups excluding carboxylic acids is 13. The Bertz CT molecular complexity index is 3690. The number of primary amides is 2. The molecule has 13 amide bonds. The fourth-order valence-electron chi connectivity index (χ4n) is 11.3. The molecule has 0 spiro atoms. The number of benzene rings is 3. The summed E-state index contributed by atoms with van der Waals surface area (Å²) in [4.78, 5) is 196. The Morgan fingerprint density at radius 1 is 0.582 bits per heavy atom. The molecule has 1 aliphatic heterocycles. The number of likely N-dealkylation sites (tertiary alicyclic amines) is 1. The lowest BCUT2D eigenvalue weighted by atomic mass is 9.97. The number of nitrogens with one attached hydrogen (secondary N) is 12. The van der Waals surface area contributed by atoms with Crippen LogP contribution in [0, 0.1) is 5.92 Å². The lowest BCUT2D eigenvalue weighted by Gasteiger charge is -2.29. The zero-order valence-electron chi connectivity index (χ0n) is 54.9. The quantitative estimate of drug-likeness (QED) is 0.0177. The average Bonchev–Trinajstić information content (AvgIpc) is 1.64. The van der Waals surface area contributed by atoms with Crippen molar-refractivity contribution in [2.45, 2.75) is 159 Å². The molecule has 3 aromatic carbocycles. The molecule has 0 radical (unpaired) electrons. The van der Waals surface area contributed by atoms with Crippen LogP contribution in [0.3, 0.4) is 0 Å². The summed E-state index contributed by atoms with van der Waals surface area (Å²) in [7, 11) is 0. The Hall–Kier alpha value is -10.8. The number of carboxylic acid groups (broad SMARTS) is 1. The molecule has 3 heterocycles. The number of amides is 13. The van der Waals surface area contributed by atoms with E-state index in [1.54, 1.807) is 105 Å². The van der Waals surface area contributed by atoms with Gasteiger partial charge in [0.1, 0.15) is 60.4 Å². The number of hydrogen-bond donors (Lipinski definition) is 17. The molecule has 0 unspecified atom stereocenters. The SMILES string of the molecule is CC[C@H](C)[C@H](NC(=O)CNC(=O)[C@@H]1CCCN1C(=O)[C@H](C)NC(=O)[C@H](Cc1c[nH]c2ccccc12)NC(=O)[C@H](CCCCN)NC(=O)[C@H](Cc1c[nH]c2ccccc12)NC(=O)[C@H](CC(N)=O)NC(=O)[C@H](CO)NC(C)=O)C(=O)N[C@@H](Cc1ccccc1)C(=O)N[C@@H](CC(=O)O)C(N)=O. The number of rotatable bonds is 38. The molecule has 5 aromatic rings. The summed E-state index contributed by atoms with van der Waals surface area (Å²) in [5.74, 6) is -13.5. The first-order chi connectivity index (χ1) is 46.7. The van der Waals surface area contributed by atoms with Gasteiger partial charge < -0.3 is 95.4 Å². The second-order valence-corrected chi connectivity index (χ2v) is 24.1. The van der Waals surface area contributed by atoms with Crippen molar-refractivity contribution < 1.29 is 77.3 Å². The van der Waals surface area contributed by atoms with Gasteiger partial charge in [-0.05, 0) is 80.3 Å². The van der Waals surface area contributed by atoms with Gasteiger partial charge in [-0.15, -0.1) is 0 Å². The van der Waals surface area contributed by atoms with Crippen molar-refractivity contribution in [1.82, 2.24) is 68.0 Å². The van der Waals surface area contributed by atoms with Gasteiger partial charge in [0.15, 0.2) is 0 Å². The van der Waals surface area contributed by atoms with Crippen molar-refractivity contribution in [2.75, 3.05) is 26.2 Å². The fourth-order valence-corrected chi connectivity index (χ4v) is 11.3. The van der Waals surface area contributed by atoms with Crippen LogP contribution in [0.25, 0.3) is 21.8 Å². The molecule has 98 heavy (non-hydrogen) atoms. The number of aliphatic hydroxyl groups excluding tert-OH is 1. The Balaban J connectivity index is 1.18. The van der Waals surface area contributed by atoms with Gasteiger partial charge in [0.2, 0.25) is 76.8 Å². The van der Waals surface area contributed by atoms with E-state index in [4.69, 9.17) is 17.2 Å². The highest BCUT2D eigenvalue weighted by Gasteiger charge is 2.40. The van der Waals surface area contributed by atoms with Gasteiger partial charge in [0.05, 0.1) is 26.0 Å². The first-order valence-electron chi connectivity index (χ1n) is 32.2. The van der Waals surface area contributed by atoms with E-state index in [-0.39, 0.29) is 51.6 Å². The van der Waals surface area contributed by atoms with Crippen molar-refractivity contribution in [1.29, 1.82) is 0 Å². The highest BCUT2D eigenvalue weighted by Crippen LogP contribution is 2.23. The molecule has 0 bridgehead atoms. The third kappa shape index (κ3) is 22.2. The monoisotopic (exact) mass is 1360 g/mol. The Morgan fingerprint density at radius 2 is 1.08 bits per heavy atom. The lowest BCUT2D eigenvalue weighted by Crippen LogP contribution is -2.60. The van der Waals surface area contributed by atoms with Crippen LogP contribution in [0.4, 0.5) is 0 Å². The second-order valence-electron chi connectivity index (χ2n) is 24.1. The number of nitrogens with zero attached hydrogens (tertiary/aromatic N) is 1. The number of carboxylic acids is 1. The molecular weight excluding hydrogens is 1270 g/mol. The van der Waals surface area contributed by atoms with Gasteiger partial charge in [-0.3, -0.25) is 67.1 Å². The number of aliphatic carboxylic acids is 1. The van der Waals surface area contributed by atoms with Gasteiger partial charge in [-0.25, -0.2) is 0 Å². The summed E-state index contributed by atoms with van der Waals surface area (Å²) >= 11 is 0. The van der Waals surface area contributed by atoms with Crippen molar-refractivity contribution in [3.05, 3.63) is 108 Å². The zero-order valence-corrected chi connectivity index (χ0v) is 54.9. The van der Waals surface area contributed by atoms with Crippen LogP contribution in [0.1, 0.15) is 95.8 Å². The number of unbranched alkanes of at least 4 members (excludes halogenated alkanes) is 1. The third-order valence-corrected chi connectivity index (χ3v) is 16.7. The number of H-pyrrole nitrogens is 2. The van der Waals surface area contributed by atoms with Crippen LogP contribution in [-0.4, -0.2) is 195 Å². The molecule has 32 heteroatoms. The van der Waals surface area contributed by atoms with Crippen LogP contribution in [0.2, 0.25) is 0 Å². The summed E-state index contributed by atoms with van der Waals surface area (Å²) in [6, 6.07) is 8.30. The van der Waals surface area contributed by atoms with E-state index in [1.807, 2.05) is 0 Å². The van der Waals surface area contributed by atoms with Crippen molar-refractivity contribution in [3.63, 3.8) is 0 Å². The number of nitrogens with two attached hydrogens (primary N) is 3. The van der Waals surface area contributed by atoms with Crippen molar-refractivity contribution >= 4 is 105 Å². The maximum Gasteiger partial charge on any atom is 0.305 e. The molecule has 11 atom stereocenters. The smallest absolute Gasteiger partial charge is 0.305 e. The average molecular weight is 1360 g/mol. The minimum atomic E-state index is -1.73. The Kier molecular flexibility index (Phi) is 28.7. The Morgan fingerprint density at radius 3 is 1.62 bits per heavy atom. The van der Waals surface area contributed by atoms with E-state index in [1.165, 1.54) is 11.8 Å². The summed E-state index contributed by atoms with van der Waals surface area (Å²) in [5.41, 5.74) is 19.8. The summed E-state index contributed by atoms with van der Waals surface area (Å²) in [5, 5.41) is 45.9. The van der Waals surface area contributed by atoms with E-state index in [0.29, 0.717) is 57.8 Å². The zero-order chi connectivity index (χ0) is 71.8. The molecule has 1 fully saturated rings. The first-order valence-corrected chi connectivity index (χ1v) is 32.2. The number of fused-ring (bicyclic) bond motifs is 2. The van der Waals surface area contributed by atoms with Gasteiger partial charge in [0.25, 0.3) is 0 Å². The van der Waals surface area contributed by atoms with E-state index in [0.717, 1.165) is 6.92 Å². The summed E-state index contributed by atoms with van der Waals surface area (Å²) < 4.78 is 0. The number of carbonyl (C=O) groups is 14. The number of aliphatic hydroxyl groups is 1. The van der Waals surface area contributed by atoms with Crippen molar-refractivity contribution in [3.8, 4) is 0 Å². The molecule has 20 N–H and O–H groups in total. The van der Waals surface area contributed by atoms with Crippen LogP contribution in [-0.2, 0) is 86.4 Å². The molecule has 1 saturated heterocycles. The largest absolute Gasteiger partial charge is 0.481 e. The minimum Gasteiger partial charge on any atom is -0.481 e. The van der Waals surface area contributed by atoms with E-state index in [2.05, 4.69) is 63.1 Å². The topological polar surface area (TPSA) is 513 Å². The first kappa shape index (κ1) is 76.3. The van der Waals surface area contributed by atoms with Crippen LogP contribution < -0.4 is 70.4 Å². The van der Waals surface area contributed by atoms with Crippen LogP contribution >= 0.6 is 0 Å². The van der Waals surface area contributed by atoms with Crippen LogP contribution in [0.5, 0.6) is 0 Å². The number of aromatic nitrogens is 2. The van der Waals surface area contributed by atoms with Crippen LogP contribution in [0.15, 0.2) is 91.3 Å². The highest BCUT2D eigenvalue weighted by molar-refractivity contribution is 6.01. The lowest BCUT2D eigenvalue weighted by molar-refractivity contribution is -0.141. The van der Waals surface area contributed by atoms with Gasteiger partial charge in [0, 0.05) is 66.9 Å². The number of hydrogen-bond acceptors (Lipinski definition) is 16.